The SMILES string of the molecule is Clc1ccc(Cl)c(NCc2cc(Br)c3c(c2)OCO3)c1. The van der Waals surface area contributed by atoms with Gasteiger partial charge in [-0.15, -0.1) is 0 Å². The lowest BCUT2D eigenvalue weighted by molar-refractivity contribution is 0.173. The van der Waals surface area contributed by atoms with Crippen LogP contribution in [0.3, 0.4) is 0 Å². The molecule has 0 aliphatic carbocycles. The van der Waals surface area contributed by atoms with Gasteiger partial charge in [-0.05, 0) is 51.8 Å². The van der Waals surface area contributed by atoms with Crippen LogP contribution in [0, 0.1) is 0 Å². The van der Waals surface area contributed by atoms with Crippen LogP contribution in [0.1, 0.15) is 5.56 Å². The largest absolute Gasteiger partial charge is 0.454 e. The van der Waals surface area contributed by atoms with E-state index < -0.39 is 0 Å². The number of ether oxygens (including phenoxy) is 2. The van der Waals surface area contributed by atoms with E-state index in [1.165, 1.54) is 0 Å². The number of fused-ring (bicyclic) bond motifs is 1. The van der Waals surface area contributed by atoms with Crippen LogP contribution < -0.4 is 14.8 Å². The molecule has 3 nitrogen and oxygen atoms in total. The zero-order chi connectivity index (χ0) is 14.1. The van der Waals surface area contributed by atoms with Crippen molar-refractivity contribution in [1.82, 2.24) is 0 Å². The van der Waals surface area contributed by atoms with E-state index in [2.05, 4.69) is 21.2 Å². The Bertz CT molecular complexity index is 664. The van der Waals surface area contributed by atoms with Gasteiger partial charge in [0.1, 0.15) is 0 Å². The standard InChI is InChI=1S/C14H10BrCl2NO2/c15-10-3-8(4-13-14(10)20-7-19-13)6-18-12-5-9(16)1-2-11(12)17/h1-5,18H,6-7H2. The fourth-order valence-electron chi connectivity index (χ4n) is 1.95. The average Bonchev–Trinajstić information content (AvgIpc) is 2.89. The molecule has 0 radical (unpaired) electrons. The van der Waals surface area contributed by atoms with E-state index in [0.717, 1.165) is 27.2 Å². The lowest BCUT2D eigenvalue weighted by Gasteiger charge is -2.10. The molecule has 0 unspecified atom stereocenters. The maximum absolute atomic E-state index is 6.11. The number of rotatable bonds is 3. The van der Waals surface area contributed by atoms with Gasteiger partial charge in [-0.25, -0.2) is 0 Å². The smallest absolute Gasteiger partial charge is 0.231 e. The fourth-order valence-corrected chi connectivity index (χ4v) is 2.91. The predicted octanol–water partition coefficient (Wildman–Crippen LogP) is 5.10. The summed E-state index contributed by atoms with van der Waals surface area (Å²) in [6, 6.07) is 9.25. The third-order valence-corrected chi connectivity index (χ3v) is 4.05. The molecular weight excluding hydrogens is 365 g/mol. The second-order valence-electron chi connectivity index (χ2n) is 4.29. The Morgan fingerprint density at radius 2 is 2.00 bits per heavy atom. The van der Waals surface area contributed by atoms with Gasteiger partial charge < -0.3 is 14.8 Å². The lowest BCUT2D eigenvalue weighted by atomic mass is 10.2. The quantitative estimate of drug-likeness (QED) is 0.810. The van der Waals surface area contributed by atoms with Crippen LogP contribution in [-0.4, -0.2) is 6.79 Å². The zero-order valence-corrected chi connectivity index (χ0v) is 13.3. The van der Waals surface area contributed by atoms with E-state index in [0.29, 0.717) is 16.6 Å². The fraction of sp³-hybridized carbons (Fsp3) is 0.143. The first-order valence-electron chi connectivity index (χ1n) is 5.90. The van der Waals surface area contributed by atoms with Crippen molar-refractivity contribution in [3.8, 4) is 11.5 Å². The van der Waals surface area contributed by atoms with Gasteiger partial charge in [-0.3, -0.25) is 0 Å². The molecule has 0 fully saturated rings. The third-order valence-electron chi connectivity index (χ3n) is 2.90. The maximum atomic E-state index is 6.11. The second kappa shape index (κ2) is 5.72. The summed E-state index contributed by atoms with van der Waals surface area (Å²) in [5.41, 5.74) is 1.85. The highest BCUT2D eigenvalue weighted by Gasteiger charge is 2.17. The minimum absolute atomic E-state index is 0.255. The Morgan fingerprint density at radius 1 is 1.15 bits per heavy atom. The number of halogens is 3. The molecule has 1 aliphatic heterocycles. The van der Waals surface area contributed by atoms with Crippen LogP contribution in [0.2, 0.25) is 10.0 Å². The molecule has 0 aromatic heterocycles. The summed E-state index contributed by atoms with van der Waals surface area (Å²) in [6.45, 7) is 0.861. The maximum Gasteiger partial charge on any atom is 0.231 e. The monoisotopic (exact) mass is 373 g/mol. The second-order valence-corrected chi connectivity index (χ2v) is 5.99. The Hall–Kier alpha value is -1.10. The molecule has 20 heavy (non-hydrogen) atoms. The van der Waals surface area contributed by atoms with Crippen molar-refractivity contribution in [1.29, 1.82) is 0 Å². The highest BCUT2D eigenvalue weighted by atomic mass is 79.9. The van der Waals surface area contributed by atoms with Crippen LogP contribution >= 0.6 is 39.1 Å². The molecule has 0 spiro atoms. The summed E-state index contributed by atoms with van der Waals surface area (Å²) in [6.07, 6.45) is 0. The van der Waals surface area contributed by atoms with Crippen molar-refractivity contribution in [3.05, 3.63) is 50.4 Å². The van der Waals surface area contributed by atoms with Crippen molar-refractivity contribution in [2.24, 2.45) is 0 Å². The molecule has 6 heteroatoms. The lowest BCUT2D eigenvalue weighted by Crippen LogP contribution is -2.00. The van der Waals surface area contributed by atoms with Gasteiger partial charge in [0.05, 0.1) is 15.2 Å². The molecule has 2 aromatic carbocycles. The van der Waals surface area contributed by atoms with Crippen LogP contribution in [-0.2, 0) is 6.54 Å². The third kappa shape index (κ3) is 2.82. The number of hydrogen-bond acceptors (Lipinski definition) is 3. The Kier molecular flexibility index (Phi) is 3.96. The van der Waals surface area contributed by atoms with E-state index in [1.807, 2.05) is 12.1 Å². The van der Waals surface area contributed by atoms with Gasteiger partial charge >= 0.3 is 0 Å². The summed E-state index contributed by atoms with van der Waals surface area (Å²) in [7, 11) is 0. The molecule has 0 saturated carbocycles. The first-order chi connectivity index (χ1) is 9.63. The number of nitrogens with one attached hydrogen (secondary N) is 1. The van der Waals surface area contributed by atoms with Gasteiger partial charge in [0.2, 0.25) is 6.79 Å². The summed E-state index contributed by atoms with van der Waals surface area (Å²) in [5.74, 6) is 1.49. The van der Waals surface area contributed by atoms with E-state index in [4.69, 9.17) is 32.7 Å². The number of benzene rings is 2. The normalized spacial score (nSPS) is 12.6. The molecule has 3 rings (SSSR count). The Morgan fingerprint density at radius 3 is 2.85 bits per heavy atom. The predicted molar refractivity (Wildman–Crippen MR) is 84.1 cm³/mol. The van der Waals surface area contributed by atoms with Gasteiger partial charge in [0.15, 0.2) is 11.5 Å². The van der Waals surface area contributed by atoms with E-state index in [1.54, 1.807) is 18.2 Å². The average molecular weight is 375 g/mol. The number of hydrogen-bond donors (Lipinski definition) is 1. The summed E-state index contributed by atoms with van der Waals surface area (Å²) < 4.78 is 11.6. The van der Waals surface area contributed by atoms with Crippen molar-refractivity contribution >= 4 is 44.8 Å². The highest BCUT2D eigenvalue weighted by Crippen LogP contribution is 2.40. The van der Waals surface area contributed by atoms with Gasteiger partial charge in [0, 0.05) is 11.6 Å². The van der Waals surface area contributed by atoms with Crippen molar-refractivity contribution in [2.75, 3.05) is 12.1 Å². The van der Waals surface area contributed by atoms with Crippen LogP contribution in [0.4, 0.5) is 5.69 Å². The first-order valence-corrected chi connectivity index (χ1v) is 7.45. The molecule has 0 bridgehead atoms. The van der Waals surface area contributed by atoms with Crippen molar-refractivity contribution < 1.29 is 9.47 Å². The topological polar surface area (TPSA) is 30.5 Å². The summed E-state index contributed by atoms with van der Waals surface area (Å²) >= 11 is 15.5. The highest BCUT2D eigenvalue weighted by molar-refractivity contribution is 9.10. The molecule has 2 aromatic rings. The molecule has 0 saturated heterocycles. The number of anilines is 1. The van der Waals surface area contributed by atoms with Gasteiger partial charge in [-0.2, -0.15) is 0 Å². The van der Waals surface area contributed by atoms with Crippen molar-refractivity contribution in [2.45, 2.75) is 6.54 Å². The molecule has 1 aliphatic rings. The molecular formula is C14H10BrCl2NO2. The molecule has 0 amide bonds. The zero-order valence-electron chi connectivity index (χ0n) is 10.3. The molecule has 0 atom stereocenters. The van der Waals surface area contributed by atoms with Crippen LogP contribution in [0.25, 0.3) is 0 Å². The first kappa shape index (κ1) is 13.9. The Labute approximate surface area is 134 Å². The molecule has 1 N–H and O–H groups in total. The van der Waals surface area contributed by atoms with Crippen LogP contribution in [0.15, 0.2) is 34.8 Å². The summed E-state index contributed by atoms with van der Waals surface area (Å²) in [4.78, 5) is 0. The van der Waals surface area contributed by atoms with E-state index in [9.17, 15) is 0 Å². The minimum atomic E-state index is 0.255. The van der Waals surface area contributed by atoms with Crippen molar-refractivity contribution in [3.63, 3.8) is 0 Å². The minimum Gasteiger partial charge on any atom is -0.454 e. The van der Waals surface area contributed by atoms with Crippen LogP contribution in [0.5, 0.6) is 11.5 Å². The summed E-state index contributed by atoms with van der Waals surface area (Å²) in [5, 5.41) is 4.53. The molecule has 1 heterocycles. The van der Waals surface area contributed by atoms with Gasteiger partial charge in [-0.1, -0.05) is 23.2 Å². The van der Waals surface area contributed by atoms with E-state index >= 15 is 0 Å². The molecule has 104 valence electrons. The Balaban J connectivity index is 1.79. The van der Waals surface area contributed by atoms with Gasteiger partial charge in [0.25, 0.3) is 0 Å². The van der Waals surface area contributed by atoms with E-state index in [-0.39, 0.29) is 6.79 Å².